The summed E-state index contributed by atoms with van der Waals surface area (Å²) in [6, 6.07) is 12.9. The number of carbonyl (C=O) groups excluding carboxylic acids is 2. The van der Waals surface area contributed by atoms with Crippen molar-refractivity contribution in [2.24, 2.45) is 0 Å². The SMILES string of the molecule is CC1(C)Oc2cc(C=O)sc2-c2sc(-c3cc4sc(-c5cc6c(s5)-c5sc(C=O)cc5OC6(C)C)cc4s3)cc21. The lowest BCUT2D eigenvalue weighted by Crippen LogP contribution is -2.27. The standard InChI is InChI=1S/C30H20O4S6/c1-29(2)15-7-19(39-25(15)27-17(33-29)5-13(11-31)35-27)21-9-23-24(37-21)10-22(38-23)20-8-16-26(40-20)28-18(34-30(16,3)4)6-14(12-32)36-28/h5-12H,1-4H3. The van der Waals surface area contributed by atoms with Gasteiger partial charge in [0.15, 0.2) is 12.6 Å². The van der Waals surface area contributed by atoms with Crippen LogP contribution in [0.4, 0.5) is 0 Å². The van der Waals surface area contributed by atoms with E-state index in [1.807, 2.05) is 34.8 Å². The van der Waals surface area contributed by atoms with Crippen LogP contribution in [0.1, 0.15) is 58.2 Å². The van der Waals surface area contributed by atoms with Crippen LogP contribution >= 0.6 is 68.0 Å². The number of ether oxygens (including phenoxy) is 2. The number of thiophene rings is 6. The van der Waals surface area contributed by atoms with Gasteiger partial charge in [-0.3, -0.25) is 9.59 Å². The molecule has 0 N–H and O–H groups in total. The van der Waals surface area contributed by atoms with E-state index in [0.717, 1.165) is 33.8 Å². The predicted molar refractivity (Wildman–Crippen MR) is 171 cm³/mol. The van der Waals surface area contributed by atoms with Crippen molar-refractivity contribution in [1.29, 1.82) is 0 Å². The van der Waals surface area contributed by atoms with Gasteiger partial charge in [-0.1, -0.05) is 0 Å². The summed E-state index contributed by atoms with van der Waals surface area (Å²) in [5.74, 6) is 1.61. The molecule has 200 valence electrons. The molecular formula is C30H20O4S6. The fourth-order valence-electron chi connectivity index (χ4n) is 5.36. The van der Waals surface area contributed by atoms with Gasteiger partial charge in [-0.15, -0.1) is 68.0 Å². The minimum absolute atomic E-state index is 0.454. The van der Waals surface area contributed by atoms with Gasteiger partial charge in [0.2, 0.25) is 0 Å². The lowest BCUT2D eigenvalue weighted by molar-refractivity contribution is 0.106. The summed E-state index contributed by atoms with van der Waals surface area (Å²) < 4.78 is 15.2. The fraction of sp³-hybridized carbons (Fsp3) is 0.200. The summed E-state index contributed by atoms with van der Waals surface area (Å²) in [5.41, 5.74) is 1.45. The van der Waals surface area contributed by atoms with Crippen LogP contribution in [0.2, 0.25) is 0 Å². The van der Waals surface area contributed by atoms with Gasteiger partial charge < -0.3 is 9.47 Å². The zero-order valence-corrected chi connectivity index (χ0v) is 26.6. The molecule has 8 heterocycles. The van der Waals surface area contributed by atoms with Crippen LogP contribution < -0.4 is 9.47 Å². The molecule has 0 fully saturated rings. The Balaban J connectivity index is 1.17. The van der Waals surface area contributed by atoms with Gasteiger partial charge in [-0.2, -0.15) is 0 Å². The molecule has 2 aliphatic rings. The van der Waals surface area contributed by atoms with E-state index in [0.29, 0.717) is 9.75 Å². The Morgan fingerprint density at radius 3 is 1.32 bits per heavy atom. The minimum Gasteiger partial charge on any atom is -0.482 e. The Bertz CT molecular complexity index is 1850. The van der Waals surface area contributed by atoms with E-state index in [4.69, 9.17) is 9.47 Å². The molecule has 0 saturated carbocycles. The van der Waals surface area contributed by atoms with E-state index >= 15 is 0 Å². The minimum atomic E-state index is -0.454. The van der Waals surface area contributed by atoms with Crippen molar-refractivity contribution in [2.45, 2.75) is 38.9 Å². The van der Waals surface area contributed by atoms with E-state index in [1.54, 1.807) is 22.7 Å². The van der Waals surface area contributed by atoms with Crippen LogP contribution in [0.3, 0.4) is 0 Å². The summed E-state index contributed by atoms with van der Waals surface area (Å²) in [5, 5.41) is 0. The molecule has 40 heavy (non-hydrogen) atoms. The number of rotatable bonds is 4. The second-order valence-electron chi connectivity index (χ2n) is 10.8. The molecule has 0 amide bonds. The first-order valence-corrected chi connectivity index (χ1v) is 17.4. The average molecular weight is 637 g/mol. The molecule has 0 spiro atoms. The molecule has 2 aliphatic heterocycles. The van der Waals surface area contributed by atoms with Crippen LogP contribution in [0.5, 0.6) is 11.5 Å². The second-order valence-corrected chi connectivity index (χ2v) is 17.2. The van der Waals surface area contributed by atoms with E-state index in [-0.39, 0.29) is 0 Å². The summed E-state index contributed by atoms with van der Waals surface area (Å²) in [6.45, 7) is 8.37. The third-order valence-electron chi connectivity index (χ3n) is 7.26. The monoisotopic (exact) mass is 636 g/mol. The number of aldehydes is 2. The molecule has 0 saturated heterocycles. The molecular weight excluding hydrogens is 617 g/mol. The van der Waals surface area contributed by atoms with Crippen LogP contribution in [-0.2, 0) is 11.2 Å². The molecule has 0 atom stereocenters. The highest BCUT2D eigenvalue weighted by Gasteiger charge is 2.38. The van der Waals surface area contributed by atoms with Crippen LogP contribution in [0, 0.1) is 0 Å². The first-order valence-electron chi connectivity index (χ1n) is 12.5. The van der Waals surface area contributed by atoms with Crippen molar-refractivity contribution in [2.75, 3.05) is 0 Å². The summed E-state index contributed by atoms with van der Waals surface area (Å²) in [7, 11) is 0. The molecule has 0 bridgehead atoms. The molecule has 0 aliphatic carbocycles. The summed E-state index contributed by atoms with van der Waals surface area (Å²) in [6.07, 6.45) is 1.80. The van der Waals surface area contributed by atoms with Gasteiger partial charge in [-0.25, -0.2) is 0 Å². The number of hydrogen-bond acceptors (Lipinski definition) is 10. The average Bonchev–Trinajstić information content (AvgIpc) is 3.71. The topological polar surface area (TPSA) is 52.6 Å². The molecule has 0 aromatic carbocycles. The van der Waals surface area contributed by atoms with E-state index in [1.165, 1.54) is 72.5 Å². The molecule has 10 heteroatoms. The number of hydrogen-bond donors (Lipinski definition) is 0. The van der Waals surface area contributed by atoms with Crippen LogP contribution in [0.25, 0.3) is 48.4 Å². The Kier molecular flexibility index (Phi) is 5.32. The highest BCUT2D eigenvalue weighted by Crippen LogP contribution is 2.57. The Hall–Kier alpha value is -2.60. The zero-order valence-electron chi connectivity index (χ0n) is 21.7. The largest absolute Gasteiger partial charge is 0.482 e. The molecule has 6 aromatic heterocycles. The van der Waals surface area contributed by atoms with Gasteiger partial charge in [0.05, 0.1) is 29.3 Å². The van der Waals surface area contributed by atoms with Crippen molar-refractivity contribution < 1.29 is 19.1 Å². The first kappa shape index (κ1) is 25.1. The smallest absolute Gasteiger partial charge is 0.160 e. The van der Waals surface area contributed by atoms with Crippen molar-refractivity contribution in [1.82, 2.24) is 0 Å². The number of carbonyl (C=O) groups is 2. The second kappa shape index (κ2) is 8.47. The normalized spacial score (nSPS) is 16.0. The fourth-order valence-corrected chi connectivity index (χ4v) is 12.6. The maximum Gasteiger partial charge on any atom is 0.160 e. The third-order valence-corrected chi connectivity index (χ3v) is 14.6. The van der Waals surface area contributed by atoms with Crippen LogP contribution in [0.15, 0.2) is 36.4 Å². The van der Waals surface area contributed by atoms with Gasteiger partial charge in [-0.05, 0) is 52.0 Å². The quantitative estimate of drug-likeness (QED) is 0.181. The first-order chi connectivity index (χ1) is 19.1. The predicted octanol–water partition coefficient (Wildman–Crippen LogP) is 10.8. The van der Waals surface area contributed by atoms with E-state index in [9.17, 15) is 9.59 Å². The molecule has 0 unspecified atom stereocenters. The van der Waals surface area contributed by atoms with Gasteiger partial charge in [0.1, 0.15) is 22.7 Å². The maximum absolute atomic E-state index is 11.4. The summed E-state index contributed by atoms with van der Waals surface area (Å²) in [4.78, 5) is 33.7. The highest BCUT2D eigenvalue weighted by atomic mass is 32.1. The van der Waals surface area contributed by atoms with E-state index < -0.39 is 11.2 Å². The lowest BCUT2D eigenvalue weighted by Gasteiger charge is -2.31. The van der Waals surface area contributed by atoms with E-state index in [2.05, 4.69) is 52.0 Å². The molecule has 4 nitrogen and oxygen atoms in total. The Morgan fingerprint density at radius 2 is 0.925 bits per heavy atom. The van der Waals surface area contributed by atoms with Crippen molar-refractivity contribution in [3.63, 3.8) is 0 Å². The molecule has 6 aromatic rings. The Morgan fingerprint density at radius 1 is 0.525 bits per heavy atom. The van der Waals surface area contributed by atoms with Gasteiger partial charge >= 0.3 is 0 Å². The van der Waals surface area contributed by atoms with Gasteiger partial charge in [0, 0.05) is 52.2 Å². The van der Waals surface area contributed by atoms with Crippen molar-refractivity contribution in [3.8, 4) is 50.5 Å². The van der Waals surface area contributed by atoms with Gasteiger partial charge in [0.25, 0.3) is 0 Å². The summed E-state index contributed by atoms with van der Waals surface area (Å²) >= 11 is 10.2. The van der Waals surface area contributed by atoms with Crippen molar-refractivity contribution in [3.05, 3.63) is 57.3 Å². The highest BCUT2D eigenvalue weighted by molar-refractivity contribution is 7.34. The third kappa shape index (κ3) is 3.63. The van der Waals surface area contributed by atoms with Crippen LogP contribution in [-0.4, -0.2) is 12.6 Å². The Labute approximate surface area is 254 Å². The molecule has 0 radical (unpaired) electrons. The lowest BCUT2D eigenvalue weighted by atomic mass is 9.95. The van der Waals surface area contributed by atoms with Crippen molar-refractivity contribution >= 4 is 90.0 Å². The molecule has 8 rings (SSSR count). The number of fused-ring (bicyclic) bond motifs is 7. The zero-order chi connectivity index (χ0) is 27.6. The maximum atomic E-state index is 11.4.